The zero-order valence-corrected chi connectivity index (χ0v) is 25.0. The van der Waals surface area contributed by atoms with Crippen LogP contribution >= 0.6 is 0 Å². The van der Waals surface area contributed by atoms with E-state index in [0.29, 0.717) is 55.7 Å². The van der Waals surface area contributed by atoms with Gasteiger partial charge in [0, 0.05) is 50.2 Å². The van der Waals surface area contributed by atoms with Crippen LogP contribution in [0.4, 0.5) is 29.6 Å². The van der Waals surface area contributed by atoms with Crippen molar-refractivity contribution in [3.8, 4) is 11.8 Å². The topological polar surface area (TPSA) is 96.9 Å². The highest BCUT2D eigenvalue weighted by molar-refractivity contribution is 5.73. The molecule has 44 heavy (non-hydrogen) atoms. The maximum Gasteiger partial charge on any atom is 0.420 e. The first-order valence-corrected chi connectivity index (χ1v) is 14.0. The van der Waals surface area contributed by atoms with Gasteiger partial charge in [-0.25, -0.2) is 14.8 Å². The van der Waals surface area contributed by atoms with E-state index < -0.39 is 29.0 Å². The Balaban J connectivity index is 1.43. The molecule has 1 aromatic heterocycles. The van der Waals surface area contributed by atoms with Crippen LogP contribution in [-0.2, 0) is 33.4 Å². The van der Waals surface area contributed by atoms with Crippen molar-refractivity contribution in [3.63, 3.8) is 0 Å². The third kappa shape index (κ3) is 9.18. The van der Waals surface area contributed by atoms with Crippen LogP contribution < -0.4 is 5.32 Å². The van der Waals surface area contributed by atoms with Crippen molar-refractivity contribution in [3.05, 3.63) is 82.7 Å². The molecule has 0 unspecified atom stereocenters. The normalized spacial score (nSPS) is 13.9. The number of nitrogens with one attached hydrogen (secondary N) is 1. The molecule has 12 heteroatoms. The highest BCUT2D eigenvalue weighted by Crippen LogP contribution is 2.31. The van der Waals surface area contributed by atoms with E-state index in [-0.39, 0.29) is 18.5 Å². The van der Waals surface area contributed by atoms with E-state index in [1.807, 2.05) is 32.9 Å². The first kappa shape index (κ1) is 32.3. The van der Waals surface area contributed by atoms with E-state index >= 15 is 0 Å². The monoisotopic (exact) mass is 609 g/mol. The summed E-state index contributed by atoms with van der Waals surface area (Å²) in [5.74, 6) is 4.70. The lowest BCUT2D eigenvalue weighted by Gasteiger charge is -2.35. The maximum atomic E-state index is 13.7. The van der Waals surface area contributed by atoms with Crippen LogP contribution in [0, 0.1) is 11.8 Å². The number of hydrogen-bond acceptors (Lipinski definition) is 8. The molecule has 9 nitrogen and oxygen atoms in total. The van der Waals surface area contributed by atoms with Gasteiger partial charge >= 0.3 is 18.2 Å². The number of halogens is 3. The number of hydrogen-bond donors (Lipinski definition) is 1. The van der Waals surface area contributed by atoms with Crippen LogP contribution in [0.3, 0.4) is 0 Å². The van der Waals surface area contributed by atoms with Crippen LogP contribution in [0.25, 0.3) is 0 Å². The van der Waals surface area contributed by atoms with Crippen molar-refractivity contribution in [2.45, 2.75) is 45.5 Å². The molecule has 1 N–H and O–H groups in total. The quantitative estimate of drug-likeness (QED) is 0.293. The minimum Gasteiger partial charge on any atom is -0.469 e. The van der Waals surface area contributed by atoms with Gasteiger partial charge in [-0.05, 0) is 56.0 Å². The smallest absolute Gasteiger partial charge is 0.420 e. The molecule has 0 radical (unpaired) electrons. The summed E-state index contributed by atoms with van der Waals surface area (Å²) in [6.07, 6.45) is -4.39. The predicted molar refractivity (Wildman–Crippen MR) is 158 cm³/mol. The predicted octanol–water partition coefficient (Wildman–Crippen LogP) is 5.41. The first-order chi connectivity index (χ1) is 20.8. The molecule has 0 aliphatic carbocycles. The summed E-state index contributed by atoms with van der Waals surface area (Å²) in [5, 5.41) is 2.94. The molecule has 1 aliphatic heterocycles. The zero-order chi connectivity index (χ0) is 31.9. The van der Waals surface area contributed by atoms with Gasteiger partial charge in [0.1, 0.15) is 16.9 Å². The maximum absolute atomic E-state index is 13.7. The average molecular weight is 610 g/mol. The van der Waals surface area contributed by atoms with Crippen LogP contribution in [0.15, 0.2) is 54.7 Å². The van der Waals surface area contributed by atoms with E-state index in [1.165, 1.54) is 7.11 Å². The summed E-state index contributed by atoms with van der Waals surface area (Å²) in [5.41, 5.74) is 0.438. The number of alkyl halides is 3. The molecule has 1 saturated heterocycles. The highest BCUT2D eigenvalue weighted by Gasteiger charge is 2.35. The van der Waals surface area contributed by atoms with Crippen LogP contribution in [0.1, 0.15) is 48.7 Å². The van der Waals surface area contributed by atoms with Crippen LogP contribution in [0.2, 0.25) is 0 Å². The van der Waals surface area contributed by atoms with Crippen molar-refractivity contribution in [1.82, 2.24) is 19.8 Å². The number of benzene rings is 2. The van der Waals surface area contributed by atoms with Crippen LogP contribution in [-0.4, -0.2) is 70.7 Å². The lowest BCUT2D eigenvalue weighted by molar-refractivity contribution is -0.140. The fraction of sp³-hybridized carbons (Fsp3) is 0.375. The number of nitrogens with zero attached hydrogens (tertiary/aromatic N) is 4. The van der Waals surface area contributed by atoms with Crippen molar-refractivity contribution >= 4 is 23.7 Å². The van der Waals surface area contributed by atoms with Crippen molar-refractivity contribution in [2.24, 2.45) is 0 Å². The van der Waals surface area contributed by atoms with E-state index in [1.54, 1.807) is 41.3 Å². The number of methoxy groups -OCH3 is 1. The van der Waals surface area contributed by atoms with E-state index in [4.69, 9.17) is 9.47 Å². The van der Waals surface area contributed by atoms with Gasteiger partial charge in [-0.3, -0.25) is 9.69 Å². The van der Waals surface area contributed by atoms with Gasteiger partial charge in [0.25, 0.3) is 0 Å². The Morgan fingerprint density at radius 2 is 1.66 bits per heavy atom. The van der Waals surface area contributed by atoms with E-state index in [0.717, 1.165) is 5.56 Å². The Labute approximate surface area is 254 Å². The Bertz CT molecular complexity index is 1530. The number of aromatic nitrogens is 2. The molecule has 1 amide bonds. The molecule has 0 atom stereocenters. The number of piperazine rings is 1. The summed E-state index contributed by atoms with van der Waals surface area (Å²) in [6.45, 7) is 8.75. The minimum absolute atomic E-state index is 0.0452. The molecule has 232 valence electrons. The Hall–Kier alpha value is -4.63. The summed E-state index contributed by atoms with van der Waals surface area (Å²) >= 11 is 0. The second-order valence-corrected chi connectivity index (χ2v) is 11.2. The van der Waals surface area contributed by atoms with Gasteiger partial charge in [-0.15, -0.1) is 0 Å². The number of anilines is 2. The number of amides is 1. The van der Waals surface area contributed by atoms with Gasteiger partial charge in [-0.1, -0.05) is 36.3 Å². The van der Waals surface area contributed by atoms with Gasteiger partial charge in [0.15, 0.2) is 0 Å². The van der Waals surface area contributed by atoms with Gasteiger partial charge < -0.3 is 19.7 Å². The Kier molecular flexibility index (Phi) is 10.1. The number of carbonyl (C=O) groups is 2. The number of rotatable bonds is 6. The third-order valence-electron chi connectivity index (χ3n) is 6.63. The molecule has 2 heterocycles. The minimum atomic E-state index is -4.71. The molecular weight excluding hydrogens is 575 g/mol. The Morgan fingerprint density at radius 3 is 2.30 bits per heavy atom. The number of esters is 1. The lowest BCUT2D eigenvalue weighted by Crippen LogP contribution is -2.49. The van der Waals surface area contributed by atoms with Crippen LogP contribution in [0.5, 0.6) is 0 Å². The second kappa shape index (κ2) is 13.8. The molecule has 0 spiro atoms. The molecule has 0 saturated carbocycles. The third-order valence-corrected chi connectivity index (χ3v) is 6.63. The van der Waals surface area contributed by atoms with Gasteiger partial charge in [0.2, 0.25) is 5.95 Å². The molecule has 1 fully saturated rings. The number of carbonyl (C=O) groups excluding carboxylic acids is 2. The molecule has 2 aromatic carbocycles. The molecule has 3 aromatic rings. The first-order valence-electron chi connectivity index (χ1n) is 14.0. The molecule has 0 bridgehead atoms. The number of ether oxygens (including phenoxy) is 2. The summed E-state index contributed by atoms with van der Waals surface area (Å²) in [7, 11) is 1.26. The highest BCUT2D eigenvalue weighted by atomic mass is 19.4. The molecular formula is C32H34F3N5O4. The largest absolute Gasteiger partial charge is 0.469 e. The molecule has 4 rings (SSSR count). The van der Waals surface area contributed by atoms with Crippen molar-refractivity contribution in [2.75, 3.05) is 38.6 Å². The lowest BCUT2D eigenvalue weighted by atomic mass is 10.0. The second-order valence-electron chi connectivity index (χ2n) is 11.2. The van der Waals surface area contributed by atoms with E-state index in [2.05, 4.69) is 32.0 Å². The summed E-state index contributed by atoms with van der Waals surface area (Å²) in [4.78, 5) is 35.9. The van der Waals surface area contributed by atoms with Crippen molar-refractivity contribution < 1.29 is 32.2 Å². The van der Waals surface area contributed by atoms with Gasteiger partial charge in [0.05, 0.1) is 13.5 Å². The van der Waals surface area contributed by atoms with Crippen molar-refractivity contribution in [1.29, 1.82) is 0 Å². The fourth-order valence-electron chi connectivity index (χ4n) is 4.39. The molecule has 1 aliphatic rings. The summed E-state index contributed by atoms with van der Waals surface area (Å²) in [6, 6.07) is 14.1. The SMILES string of the molecule is COC(=O)Cc1ccccc1C#Cc1nc(Nc2ccc(CN3CCN(C(=O)OC(C)(C)C)CC3)cc2)ncc1C(F)(F)F. The van der Waals surface area contributed by atoms with Gasteiger partial charge in [-0.2, -0.15) is 13.2 Å². The Morgan fingerprint density at radius 1 is 0.977 bits per heavy atom. The summed E-state index contributed by atoms with van der Waals surface area (Å²) < 4.78 is 51.3. The average Bonchev–Trinajstić information content (AvgIpc) is 2.96. The van der Waals surface area contributed by atoms with E-state index in [9.17, 15) is 22.8 Å². The fourth-order valence-corrected chi connectivity index (χ4v) is 4.39. The zero-order valence-electron chi connectivity index (χ0n) is 25.0. The standard InChI is InChI=1S/C32H34F3N5O4/c1-31(2,3)44-30(42)40-17-15-39(16-18-40)21-22-9-12-25(13-10-22)37-29-36-20-26(32(33,34)35)27(38-29)14-11-23-7-5-6-8-24(23)19-28(41)43-4/h5-10,12-13,20H,15-19,21H2,1-4H3,(H,36,37,38).